The van der Waals surface area contributed by atoms with E-state index >= 15 is 0 Å². The number of hydrogen-bond acceptors (Lipinski definition) is 3. The molecule has 35 heavy (non-hydrogen) atoms. The Morgan fingerprint density at radius 1 is 0.971 bits per heavy atom. The number of nitrogens with one attached hydrogen (secondary N) is 1. The van der Waals surface area contributed by atoms with Gasteiger partial charge in [-0.2, -0.15) is 0 Å². The minimum Gasteiger partial charge on any atom is -0.354 e. The molecule has 0 aliphatic rings. The first-order valence-electron chi connectivity index (χ1n) is 11.7. The summed E-state index contributed by atoms with van der Waals surface area (Å²) in [4.78, 5) is 29.7. The Bertz CT molecular complexity index is 1100. The first-order chi connectivity index (χ1) is 17.0. The van der Waals surface area contributed by atoms with Gasteiger partial charge >= 0.3 is 0 Å². The molecule has 0 spiro atoms. The van der Waals surface area contributed by atoms with Crippen molar-refractivity contribution in [2.45, 2.75) is 43.7 Å². The van der Waals surface area contributed by atoms with Gasteiger partial charge in [-0.05, 0) is 41.8 Å². The fourth-order valence-electron chi connectivity index (χ4n) is 3.67. The highest BCUT2D eigenvalue weighted by Crippen LogP contribution is 2.25. The molecule has 0 aliphatic carbocycles. The lowest BCUT2D eigenvalue weighted by Crippen LogP contribution is -2.50. The van der Waals surface area contributed by atoms with Crippen LogP contribution in [0.2, 0.25) is 10.0 Å². The van der Waals surface area contributed by atoms with Crippen LogP contribution in [0.1, 0.15) is 30.9 Å². The average Bonchev–Trinajstić information content (AvgIpc) is 2.87. The summed E-state index contributed by atoms with van der Waals surface area (Å²) in [5.74, 6) is 0.361. The second-order valence-electron chi connectivity index (χ2n) is 8.17. The average molecular weight is 530 g/mol. The summed E-state index contributed by atoms with van der Waals surface area (Å²) in [5.41, 5.74) is 1.74. The molecule has 0 saturated heterocycles. The van der Waals surface area contributed by atoms with Crippen LogP contribution in [-0.2, 0) is 22.6 Å². The summed E-state index contributed by atoms with van der Waals surface area (Å²) >= 11 is 14.2. The molecule has 0 aromatic heterocycles. The van der Waals surface area contributed by atoms with E-state index in [4.69, 9.17) is 23.2 Å². The topological polar surface area (TPSA) is 49.4 Å². The van der Waals surface area contributed by atoms with Gasteiger partial charge in [-0.15, -0.1) is 11.8 Å². The molecule has 3 aromatic carbocycles. The number of benzene rings is 3. The molecule has 0 heterocycles. The number of amides is 2. The quantitative estimate of drug-likeness (QED) is 0.268. The van der Waals surface area contributed by atoms with Crippen LogP contribution in [0.15, 0.2) is 83.8 Å². The maximum absolute atomic E-state index is 13.6. The summed E-state index contributed by atoms with van der Waals surface area (Å²) in [6.07, 6.45) is 1.53. The summed E-state index contributed by atoms with van der Waals surface area (Å²) in [6.45, 7) is 2.78. The second kappa shape index (κ2) is 14.2. The van der Waals surface area contributed by atoms with Gasteiger partial charge in [0.15, 0.2) is 0 Å². The smallest absolute Gasteiger partial charge is 0.243 e. The van der Waals surface area contributed by atoms with E-state index in [1.54, 1.807) is 28.8 Å². The third kappa shape index (κ3) is 8.60. The Morgan fingerprint density at radius 2 is 1.66 bits per heavy atom. The van der Waals surface area contributed by atoms with Crippen molar-refractivity contribution in [1.29, 1.82) is 0 Å². The van der Waals surface area contributed by atoms with Crippen molar-refractivity contribution in [2.75, 3.05) is 12.3 Å². The van der Waals surface area contributed by atoms with E-state index in [1.807, 2.05) is 73.7 Å². The number of nitrogens with zero attached hydrogens (tertiary/aromatic N) is 1. The molecule has 1 N–H and O–H groups in total. The zero-order chi connectivity index (χ0) is 25.0. The first-order valence-corrected chi connectivity index (χ1v) is 13.4. The summed E-state index contributed by atoms with van der Waals surface area (Å²) in [6, 6.07) is 24.3. The monoisotopic (exact) mass is 528 g/mol. The predicted octanol–water partition coefficient (Wildman–Crippen LogP) is 6.64. The lowest BCUT2D eigenvalue weighted by molar-refractivity contribution is -0.141. The Hall–Kier alpha value is -2.47. The number of rotatable bonds is 12. The predicted molar refractivity (Wildman–Crippen MR) is 146 cm³/mol. The van der Waals surface area contributed by atoms with E-state index in [0.717, 1.165) is 22.4 Å². The highest BCUT2D eigenvalue weighted by atomic mass is 35.5. The van der Waals surface area contributed by atoms with Gasteiger partial charge in [0.05, 0.1) is 0 Å². The van der Waals surface area contributed by atoms with Crippen molar-refractivity contribution < 1.29 is 9.59 Å². The van der Waals surface area contributed by atoms with E-state index in [9.17, 15) is 9.59 Å². The molecule has 3 rings (SSSR count). The van der Waals surface area contributed by atoms with Gasteiger partial charge in [0, 0.05) is 46.6 Å². The van der Waals surface area contributed by atoms with Gasteiger partial charge in [0.1, 0.15) is 6.04 Å². The zero-order valence-electron chi connectivity index (χ0n) is 19.8. The van der Waals surface area contributed by atoms with Crippen molar-refractivity contribution in [3.63, 3.8) is 0 Å². The fourth-order valence-corrected chi connectivity index (χ4v) is 5.00. The van der Waals surface area contributed by atoms with Crippen molar-refractivity contribution in [3.05, 3.63) is 100 Å². The fraction of sp³-hybridized carbons (Fsp3) is 0.286. The van der Waals surface area contributed by atoms with Gasteiger partial charge < -0.3 is 10.2 Å². The van der Waals surface area contributed by atoms with E-state index in [2.05, 4.69) is 5.32 Å². The molecular weight excluding hydrogens is 499 g/mol. The van der Waals surface area contributed by atoms with Gasteiger partial charge in [-0.1, -0.05) is 84.7 Å². The number of hydrogen-bond donors (Lipinski definition) is 1. The van der Waals surface area contributed by atoms with Gasteiger partial charge in [0.2, 0.25) is 11.8 Å². The van der Waals surface area contributed by atoms with E-state index < -0.39 is 6.04 Å². The van der Waals surface area contributed by atoms with Crippen LogP contribution in [-0.4, -0.2) is 35.1 Å². The Morgan fingerprint density at radius 3 is 2.31 bits per heavy atom. The molecule has 2 amide bonds. The van der Waals surface area contributed by atoms with Crippen LogP contribution in [0.4, 0.5) is 0 Å². The number of carbonyl (C=O) groups is 2. The molecule has 0 radical (unpaired) electrons. The molecule has 7 heteroatoms. The summed E-state index contributed by atoms with van der Waals surface area (Å²) in [5, 5.41) is 3.99. The van der Waals surface area contributed by atoms with Crippen LogP contribution in [0.5, 0.6) is 0 Å². The van der Waals surface area contributed by atoms with Crippen molar-refractivity contribution in [3.8, 4) is 0 Å². The van der Waals surface area contributed by atoms with E-state index in [-0.39, 0.29) is 18.4 Å². The highest BCUT2D eigenvalue weighted by molar-refractivity contribution is 7.99. The van der Waals surface area contributed by atoms with E-state index in [0.29, 0.717) is 35.2 Å². The van der Waals surface area contributed by atoms with Gasteiger partial charge in [-0.25, -0.2) is 0 Å². The lowest BCUT2D eigenvalue weighted by atomic mass is 10.0. The van der Waals surface area contributed by atoms with Gasteiger partial charge in [0.25, 0.3) is 0 Å². The molecule has 0 aliphatic heterocycles. The van der Waals surface area contributed by atoms with Gasteiger partial charge in [-0.3, -0.25) is 9.59 Å². The van der Waals surface area contributed by atoms with Crippen LogP contribution in [0.25, 0.3) is 0 Å². The zero-order valence-corrected chi connectivity index (χ0v) is 22.1. The first kappa shape index (κ1) is 27.1. The maximum Gasteiger partial charge on any atom is 0.243 e. The largest absolute Gasteiger partial charge is 0.354 e. The number of halogens is 2. The van der Waals surface area contributed by atoms with Crippen LogP contribution in [0, 0.1) is 0 Å². The molecule has 184 valence electrons. The molecule has 0 unspecified atom stereocenters. The SMILES string of the molecule is CCCNC(=O)[C@@H](Cc1ccccc1)N(Cc1ccc(Cl)cc1Cl)C(=O)CCSc1ccccc1. The minimum absolute atomic E-state index is 0.0907. The standard InChI is InChI=1S/C28H30Cl2N2O2S/c1-2-16-31-28(34)26(18-21-9-5-3-6-10-21)32(20-22-13-14-23(29)19-25(22)30)27(33)15-17-35-24-11-7-4-8-12-24/h3-14,19,26H,2,15-18,20H2,1H3,(H,31,34)/t26-/m1/s1. The normalized spacial score (nSPS) is 11.6. The van der Waals surface area contributed by atoms with Crippen molar-refractivity contribution in [2.24, 2.45) is 0 Å². The van der Waals surface area contributed by atoms with Crippen LogP contribution in [0.3, 0.4) is 0 Å². The van der Waals surface area contributed by atoms with Crippen molar-refractivity contribution in [1.82, 2.24) is 10.2 Å². The van der Waals surface area contributed by atoms with Crippen molar-refractivity contribution >= 4 is 46.8 Å². The van der Waals surface area contributed by atoms with E-state index in [1.165, 1.54) is 0 Å². The molecule has 4 nitrogen and oxygen atoms in total. The molecule has 1 atom stereocenters. The maximum atomic E-state index is 13.6. The summed E-state index contributed by atoms with van der Waals surface area (Å²) in [7, 11) is 0. The second-order valence-corrected chi connectivity index (χ2v) is 10.2. The summed E-state index contributed by atoms with van der Waals surface area (Å²) < 4.78 is 0. The third-order valence-corrected chi connectivity index (χ3v) is 7.10. The van der Waals surface area contributed by atoms with Crippen LogP contribution < -0.4 is 5.32 Å². The minimum atomic E-state index is -0.662. The lowest BCUT2D eigenvalue weighted by Gasteiger charge is -2.32. The Kier molecular flexibility index (Phi) is 11.0. The molecule has 0 fully saturated rings. The molecule has 3 aromatic rings. The number of thioether (sulfide) groups is 1. The molecular formula is C28H30Cl2N2O2S. The molecule has 0 bridgehead atoms. The Labute approximate surface area is 222 Å². The Balaban J connectivity index is 1.86. The molecule has 0 saturated carbocycles. The number of carbonyl (C=O) groups excluding carboxylic acids is 2. The highest BCUT2D eigenvalue weighted by Gasteiger charge is 2.30. The van der Waals surface area contributed by atoms with Crippen LogP contribution >= 0.6 is 35.0 Å². The third-order valence-electron chi connectivity index (χ3n) is 5.50.